The van der Waals surface area contributed by atoms with E-state index in [4.69, 9.17) is 23.2 Å². The Bertz CT molecular complexity index is 1230. The van der Waals surface area contributed by atoms with E-state index in [-0.39, 0.29) is 35.1 Å². The van der Waals surface area contributed by atoms with E-state index in [0.29, 0.717) is 36.5 Å². The lowest BCUT2D eigenvalue weighted by atomic mass is 9.82. The summed E-state index contributed by atoms with van der Waals surface area (Å²) in [5, 5.41) is 10.3. The quantitative estimate of drug-likeness (QED) is 0.388. The van der Waals surface area contributed by atoms with Gasteiger partial charge < -0.3 is 19.8 Å². The molecule has 2 aliphatic rings. The highest BCUT2D eigenvalue weighted by molar-refractivity contribution is 6.32. The van der Waals surface area contributed by atoms with Crippen molar-refractivity contribution in [3.63, 3.8) is 0 Å². The number of pyridine rings is 1. The number of rotatable bonds is 6. The molecule has 2 fully saturated rings. The highest BCUT2D eigenvalue weighted by Crippen LogP contribution is 2.43. The summed E-state index contributed by atoms with van der Waals surface area (Å²) in [6, 6.07) is 5.42. The lowest BCUT2D eigenvalue weighted by Gasteiger charge is -2.45. The third-order valence-electron chi connectivity index (χ3n) is 7.32. The first-order chi connectivity index (χ1) is 18.2. The average Bonchev–Trinajstić information content (AvgIpc) is 2.83. The van der Waals surface area contributed by atoms with Crippen LogP contribution in [0.4, 0.5) is 23.4 Å². The summed E-state index contributed by atoms with van der Waals surface area (Å²) < 4.78 is 55.4. The van der Waals surface area contributed by atoms with Crippen LogP contribution in [-0.4, -0.2) is 78.2 Å². The maximum atomic E-state index is 13.9. The van der Waals surface area contributed by atoms with Gasteiger partial charge in [-0.25, -0.2) is 9.37 Å². The molecule has 0 radical (unpaired) electrons. The standard InChI is InChI=1S/C26H28Cl2F4N4O3/c1-34(2)23(37)20-3-4-21(33-22(20)28)35-7-5-15(6-8-35)9-16-13-36(14-16)24(38)25(39,26(30,31)32)17-10-18(27)12-19(29)11-17/h3-4,10-12,15-16,39H,5-9,13-14H2,1-2H3. The van der Waals surface area contributed by atoms with Gasteiger partial charge >= 0.3 is 6.18 Å². The van der Waals surface area contributed by atoms with Crippen molar-refractivity contribution < 1.29 is 32.3 Å². The van der Waals surface area contributed by atoms with Crippen LogP contribution in [0.3, 0.4) is 0 Å². The van der Waals surface area contributed by atoms with Gasteiger partial charge in [0.15, 0.2) is 0 Å². The number of aromatic nitrogens is 1. The van der Waals surface area contributed by atoms with E-state index in [9.17, 15) is 32.3 Å². The van der Waals surface area contributed by atoms with Crippen molar-refractivity contribution in [2.24, 2.45) is 11.8 Å². The van der Waals surface area contributed by atoms with Crippen LogP contribution in [0, 0.1) is 17.7 Å². The second-order valence-electron chi connectivity index (χ2n) is 10.3. The second-order valence-corrected chi connectivity index (χ2v) is 11.1. The molecule has 0 spiro atoms. The Kier molecular flexibility index (Phi) is 8.35. The lowest BCUT2D eigenvalue weighted by Crippen LogP contribution is -2.61. The Morgan fingerprint density at radius 3 is 2.26 bits per heavy atom. The zero-order chi connectivity index (χ0) is 28.7. The van der Waals surface area contributed by atoms with Crippen molar-refractivity contribution in [2.45, 2.75) is 31.0 Å². The molecule has 3 heterocycles. The van der Waals surface area contributed by atoms with E-state index in [1.54, 1.807) is 26.2 Å². The fourth-order valence-corrected chi connectivity index (χ4v) is 5.61. The minimum Gasteiger partial charge on any atom is -0.368 e. The van der Waals surface area contributed by atoms with Crippen LogP contribution in [0.15, 0.2) is 30.3 Å². The van der Waals surface area contributed by atoms with Gasteiger partial charge in [0.25, 0.3) is 17.4 Å². The Morgan fingerprint density at radius 2 is 1.72 bits per heavy atom. The molecule has 2 amide bonds. The monoisotopic (exact) mass is 590 g/mol. The van der Waals surface area contributed by atoms with Crippen molar-refractivity contribution in [3.8, 4) is 0 Å². The number of nitrogens with zero attached hydrogens (tertiary/aromatic N) is 4. The van der Waals surface area contributed by atoms with E-state index in [1.807, 2.05) is 0 Å². The number of halogens is 6. The van der Waals surface area contributed by atoms with E-state index in [1.165, 1.54) is 4.90 Å². The van der Waals surface area contributed by atoms with Crippen molar-refractivity contribution >= 4 is 40.8 Å². The number of hydrogen-bond acceptors (Lipinski definition) is 5. The first kappa shape index (κ1) is 29.4. The summed E-state index contributed by atoms with van der Waals surface area (Å²) in [6.07, 6.45) is -3.01. The normalized spacial score (nSPS) is 18.5. The van der Waals surface area contributed by atoms with Crippen LogP contribution in [0.2, 0.25) is 10.2 Å². The van der Waals surface area contributed by atoms with Crippen LogP contribution in [0.5, 0.6) is 0 Å². The van der Waals surface area contributed by atoms with Crippen LogP contribution >= 0.6 is 23.2 Å². The average molecular weight is 591 g/mol. The molecule has 2 saturated heterocycles. The van der Waals surface area contributed by atoms with Gasteiger partial charge in [0.1, 0.15) is 16.8 Å². The molecule has 1 atom stereocenters. The Morgan fingerprint density at radius 1 is 1.08 bits per heavy atom. The molecule has 13 heteroatoms. The number of piperidine rings is 1. The Hall–Kier alpha value is -2.63. The van der Waals surface area contributed by atoms with Gasteiger partial charge in [0.05, 0.1) is 5.56 Å². The fraction of sp³-hybridized carbons (Fsp3) is 0.500. The number of benzene rings is 1. The molecule has 0 bridgehead atoms. The molecule has 1 N–H and O–H groups in total. The van der Waals surface area contributed by atoms with E-state index >= 15 is 0 Å². The van der Waals surface area contributed by atoms with Gasteiger partial charge in [0, 0.05) is 50.9 Å². The maximum absolute atomic E-state index is 13.9. The molecule has 7 nitrogen and oxygen atoms in total. The SMILES string of the molecule is CN(C)C(=O)c1ccc(N2CCC(CC3CN(C(=O)C(O)(c4cc(F)cc(Cl)c4)C(F)(F)F)C3)CC2)nc1Cl. The van der Waals surface area contributed by atoms with Crippen LogP contribution < -0.4 is 4.90 Å². The number of amides is 2. The summed E-state index contributed by atoms with van der Waals surface area (Å²) in [7, 11) is 3.26. The predicted molar refractivity (Wildman–Crippen MR) is 138 cm³/mol. The van der Waals surface area contributed by atoms with Gasteiger partial charge in [-0.1, -0.05) is 23.2 Å². The van der Waals surface area contributed by atoms with Gasteiger partial charge in [-0.05, 0) is 61.4 Å². The summed E-state index contributed by atoms with van der Waals surface area (Å²) >= 11 is 11.9. The van der Waals surface area contributed by atoms with E-state index in [0.717, 1.165) is 36.3 Å². The maximum Gasteiger partial charge on any atom is 0.430 e. The molecule has 212 valence electrons. The molecule has 2 aromatic rings. The molecule has 0 saturated carbocycles. The topological polar surface area (TPSA) is 77.0 Å². The first-order valence-electron chi connectivity index (χ1n) is 12.4. The zero-order valence-electron chi connectivity index (χ0n) is 21.3. The molecule has 1 aromatic carbocycles. The molecular formula is C26H28Cl2F4N4O3. The van der Waals surface area contributed by atoms with Gasteiger partial charge in [-0.3, -0.25) is 9.59 Å². The first-order valence-corrected chi connectivity index (χ1v) is 13.1. The third-order valence-corrected chi connectivity index (χ3v) is 7.83. The summed E-state index contributed by atoms with van der Waals surface area (Å²) in [5.74, 6) is -1.91. The van der Waals surface area contributed by atoms with E-state index in [2.05, 4.69) is 9.88 Å². The number of carbonyl (C=O) groups excluding carboxylic acids is 2. The van der Waals surface area contributed by atoms with Crippen molar-refractivity contribution in [3.05, 3.63) is 57.5 Å². The number of carbonyl (C=O) groups is 2. The number of hydrogen-bond donors (Lipinski definition) is 1. The summed E-state index contributed by atoms with van der Waals surface area (Å²) in [6.45, 7) is 1.52. The van der Waals surface area contributed by atoms with Gasteiger partial charge in [0.2, 0.25) is 0 Å². The molecule has 1 aromatic heterocycles. The summed E-state index contributed by atoms with van der Waals surface area (Å²) in [4.78, 5) is 33.8. The van der Waals surface area contributed by atoms with Crippen LogP contribution in [0.1, 0.15) is 35.2 Å². The molecular weight excluding hydrogens is 563 g/mol. The minimum absolute atomic E-state index is 0.0111. The Labute approximate surface area is 233 Å². The molecule has 39 heavy (non-hydrogen) atoms. The molecule has 2 aliphatic heterocycles. The molecule has 1 unspecified atom stereocenters. The van der Waals surface area contributed by atoms with E-state index < -0.39 is 29.1 Å². The fourth-order valence-electron chi connectivity index (χ4n) is 5.16. The van der Waals surface area contributed by atoms with Crippen molar-refractivity contribution in [1.82, 2.24) is 14.8 Å². The second kappa shape index (κ2) is 11.1. The highest BCUT2D eigenvalue weighted by atomic mass is 35.5. The zero-order valence-corrected chi connectivity index (χ0v) is 22.8. The number of aliphatic hydroxyl groups is 1. The number of anilines is 1. The summed E-state index contributed by atoms with van der Waals surface area (Å²) in [5.41, 5.74) is -4.52. The van der Waals surface area contributed by atoms with Gasteiger partial charge in [-0.2, -0.15) is 13.2 Å². The van der Waals surface area contributed by atoms with Crippen molar-refractivity contribution in [1.29, 1.82) is 0 Å². The third kappa shape index (κ3) is 5.95. The largest absolute Gasteiger partial charge is 0.430 e. The molecule has 0 aliphatic carbocycles. The number of alkyl halides is 3. The Balaban J connectivity index is 1.32. The number of likely N-dealkylation sites (tertiary alicyclic amines) is 1. The predicted octanol–water partition coefficient (Wildman–Crippen LogP) is 4.74. The minimum atomic E-state index is -5.37. The van der Waals surface area contributed by atoms with Crippen LogP contribution in [0.25, 0.3) is 0 Å². The van der Waals surface area contributed by atoms with Crippen molar-refractivity contribution in [2.75, 3.05) is 45.2 Å². The highest BCUT2D eigenvalue weighted by Gasteiger charge is 2.63. The molecule has 4 rings (SSSR count). The van der Waals surface area contributed by atoms with Crippen LogP contribution in [-0.2, 0) is 10.4 Å². The van der Waals surface area contributed by atoms with Gasteiger partial charge in [-0.15, -0.1) is 0 Å². The smallest absolute Gasteiger partial charge is 0.368 e. The lowest BCUT2D eigenvalue weighted by molar-refractivity contribution is -0.264.